The van der Waals surface area contributed by atoms with E-state index in [4.69, 9.17) is 0 Å². The van der Waals surface area contributed by atoms with E-state index in [1.165, 1.54) is 0 Å². The van der Waals surface area contributed by atoms with Gasteiger partial charge in [0.1, 0.15) is 0 Å². The minimum atomic E-state index is -0.918. The molecular formula is C8H16N2O2. The summed E-state index contributed by atoms with van der Waals surface area (Å²) < 4.78 is 0.142. The average Bonchev–Trinajstić information content (AvgIpc) is 2.06. The highest BCUT2D eigenvalue weighted by atomic mass is 16.4. The Labute approximate surface area is 72.8 Å². The van der Waals surface area contributed by atoms with E-state index in [0.717, 1.165) is 19.5 Å². The van der Waals surface area contributed by atoms with Gasteiger partial charge in [-0.25, -0.2) is 0 Å². The summed E-state index contributed by atoms with van der Waals surface area (Å²) in [4.78, 5) is 10.9. The number of piperazine rings is 1. The van der Waals surface area contributed by atoms with Gasteiger partial charge in [0, 0.05) is 13.1 Å². The number of nitrogens with one attached hydrogen (secondary N) is 1. The summed E-state index contributed by atoms with van der Waals surface area (Å²) in [6.45, 7) is 5.60. The van der Waals surface area contributed by atoms with Crippen LogP contribution in [0.25, 0.3) is 0 Å². The predicted octanol–water partition coefficient (Wildman–Crippen LogP) is -0.840. The Bertz CT molecular complexity index is 159. The van der Waals surface area contributed by atoms with Crippen LogP contribution in [0.4, 0.5) is 4.79 Å². The van der Waals surface area contributed by atoms with E-state index < -0.39 is 6.09 Å². The van der Waals surface area contributed by atoms with Gasteiger partial charge >= 0.3 is 0 Å². The Kier molecular flexibility index (Phi) is 3.05. The number of quaternary nitrogens is 1. The molecule has 1 fully saturated rings. The van der Waals surface area contributed by atoms with Gasteiger partial charge < -0.3 is 15.2 Å². The van der Waals surface area contributed by atoms with Gasteiger partial charge in [-0.3, -0.25) is 4.48 Å². The lowest BCUT2D eigenvalue weighted by Crippen LogP contribution is -2.65. The van der Waals surface area contributed by atoms with Gasteiger partial charge in [0.2, 0.25) is 0 Å². The Balaban J connectivity index is 2.63. The van der Waals surface area contributed by atoms with Crippen LogP contribution in [0.5, 0.6) is 0 Å². The third kappa shape index (κ3) is 1.76. The molecule has 0 radical (unpaired) electrons. The molecule has 1 rings (SSSR count). The minimum absolute atomic E-state index is 0.142. The van der Waals surface area contributed by atoms with Crippen molar-refractivity contribution in [2.45, 2.75) is 13.3 Å². The molecule has 1 aliphatic rings. The Morgan fingerprint density at radius 3 is 2.50 bits per heavy atom. The van der Waals surface area contributed by atoms with E-state index in [1.54, 1.807) is 0 Å². The van der Waals surface area contributed by atoms with E-state index in [1.807, 2.05) is 6.92 Å². The third-order valence-electron chi connectivity index (χ3n) is 2.47. The van der Waals surface area contributed by atoms with E-state index in [-0.39, 0.29) is 4.48 Å². The molecule has 1 amide bonds. The van der Waals surface area contributed by atoms with Crippen molar-refractivity contribution in [1.29, 1.82) is 0 Å². The molecule has 0 saturated carbocycles. The van der Waals surface area contributed by atoms with Crippen molar-refractivity contribution in [1.82, 2.24) is 5.32 Å². The Hall–Kier alpha value is -0.610. The Morgan fingerprint density at radius 2 is 2.08 bits per heavy atom. The lowest BCUT2D eigenvalue weighted by molar-refractivity contribution is -0.878. The summed E-state index contributed by atoms with van der Waals surface area (Å²) in [5, 5.41) is 14.0. The maximum Gasteiger partial charge on any atom is 0.257 e. The first-order valence-electron chi connectivity index (χ1n) is 4.49. The lowest BCUT2D eigenvalue weighted by Gasteiger charge is -2.40. The highest BCUT2D eigenvalue weighted by Crippen LogP contribution is 2.09. The first-order valence-corrected chi connectivity index (χ1v) is 4.49. The predicted molar refractivity (Wildman–Crippen MR) is 43.4 cm³/mol. The molecule has 4 nitrogen and oxygen atoms in total. The van der Waals surface area contributed by atoms with Gasteiger partial charge in [-0.05, 0) is 6.42 Å². The number of carboxylic acid groups (broad SMARTS) is 1. The summed E-state index contributed by atoms with van der Waals surface area (Å²) >= 11 is 0. The lowest BCUT2D eigenvalue weighted by atomic mass is 10.2. The molecule has 0 bridgehead atoms. The highest BCUT2D eigenvalue weighted by molar-refractivity contribution is 5.54. The normalized spacial score (nSPS) is 22.1. The van der Waals surface area contributed by atoms with Crippen molar-refractivity contribution in [3.05, 3.63) is 0 Å². The molecule has 0 aliphatic carbocycles. The molecule has 0 unspecified atom stereocenters. The molecular weight excluding hydrogens is 156 g/mol. The fourth-order valence-electron chi connectivity index (χ4n) is 1.75. The van der Waals surface area contributed by atoms with Crippen LogP contribution in [-0.4, -0.2) is 43.3 Å². The topological polar surface area (TPSA) is 52.2 Å². The van der Waals surface area contributed by atoms with Crippen LogP contribution < -0.4 is 10.4 Å². The number of hydrogen-bond donors (Lipinski definition) is 1. The smallest absolute Gasteiger partial charge is 0.257 e. The van der Waals surface area contributed by atoms with Crippen LogP contribution >= 0.6 is 0 Å². The van der Waals surface area contributed by atoms with Crippen LogP contribution in [0, 0.1) is 0 Å². The molecule has 70 valence electrons. The Morgan fingerprint density at radius 1 is 1.50 bits per heavy atom. The summed E-state index contributed by atoms with van der Waals surface area (Å²) in [5.74, 6) is 0. The molecule has 1 saturated heterocycles. The maximum atomic E-state index is 10.9. The SMILES string of the molecule is CCC[N+]1(C(=O)[O-])CCNCC1. The quantitative estimate of drug-likeness (QED) is 0.553. The zero-order valence-electron chi connectivity index (χ0n) is 7.51. The average molecular weight is 172 g/mol. The summed E-state index contributed by atoms with van der Waals surface area (Å²) in [5.41, 5.74) is 0. The van der Waals surface area contributed by atoms with Gasteiger partial charge in [0.15, 0.2) is 0 Å². The van der Waals surface area contributed by atoms with Crippen LogP contribution in [0.1, 0.15) is 13.3 Å². The third-order valence-corrected chi connectivity index (χ3v) is 2.47. The number of carbonyl (C=O) groups is 1. The van der Waals surface area contributed by atoms with Crippen molar-refractivity contribution in [2.24, 2.45) is 0 Å². The van der Waals surface area contributed by atoms with E-state index in [2.05, 4.69) is 5.32 Å². The van der Waals surface area contributed by atoms with Gasteiger partial charge in [0.05, 0.1) is 19.6 Å². The van der Waals surface area contributed by atoms with Crippen LogP contribution in [0.15, 0.2) is 0 Å². The molecule has 1 aliphatic heterocycles. The summed E-state index contributed by atoms with van der Waals surface area (Å²) in [6.07, 6.45) is -0.0214. The van der Waals surface area contributed by atoms with Crippen molar-refractivity contribution in [2.75, 3.05) is 32.7 Å². The molecule has 0 aromatic heterocycles. The first kappa shape index (κ1) is 9.48. The molecule has 0 atom stereocenters. The summed E-state index contributed by atoms with van der Waals surface area (Å²) in [6, 6.07) is 0. The molecule has 0 aromatic carbocycles. The van der Waals surface area contributed by atoms with Gasteiger partial charge in [0.25, 0.3) is 6.09 Å². The number of nitrogens with zero attached hydrogens (tertiary/aromatic N) is 1. The second kappa shape index (κ2) is 3.87. The second-order valence-electron chi connectivity index (χ2n) is 3.33. The van der Waals surface area contributed by atoms with Crippen LogP contribution in [-0.2, 0) is 0 Å². The number of rotatable bonds is 2. The molecule has 0 spiro atoms. The zero-order chi connectivity index (χ0) is 9.03. The van der Waals surface area contributed by atoms with Crippen molar-refractivity contribution in [3.63, 3.8) is 0 Å². The van der Waals surface area contributed by atoms with E-state index in [0.29, 0.717) is 19.6 Å². The molecule has 1 N–H and O–H groups in total. The van der Waals surface area contributed by atoms with Crippen molar-refractivity contribution < 1.29 is 14.4 Å². The highest BCUT2D eigenvalue weighted by Gasteiger charge is 2.30. The fourth-order valence-corrected chi connectivity index (χ4v) is 1.75. The minimum Gasteiger partial charge on any atom is -0.498 e. The second-order valence-corrected chi connectivity index (χ2v) is 3.33. The first-order chi connectivity index (χ1) is 5.71. The number of hydrogen-bond acceptors (Lipinski definition) is 3. The number of carbonyl (C=O) groups excluding carboxylic acids is 1. The number of amides is 1. The fraction of sp³-hybridized carbons (Fsp3) is 0.875. The molecule has 4 heteroatoms. The molecule has 1 heterocycles. The van der Waals surface area contributed by atoms with Crippen molar-refractivity contribution in [3.8, 4) is 0 Å². The van der Waals surface area contributed by atoms with Gasteiger partial charge in [-0.15, -0.1) is 0 Å². The molecule has 0 aromatic rings. The zero-order valence-corrected chi connectivity index (χ0v) is 7.51. The standard InChI is InChI=1S/C8H16N2O2/c1-2-5-10(8(11)12)6-3-9-4-7-10/h9H,2-7H2,1H3. The van der Waals surface area contributed by atoms with E-state index in [9.17, 15) is 9.90 Å². The van der Waals surface area contributed by atoms with Crippen molar-refractivity contribution >= 4 is 6.09 Å². The maximum absolute atomic E-state index is 10.9. The monoisotopic (exact) mass is 172 g/mol. The molecule has 12 heavy (non-hydrogen) atoms. The van der Waals surface area contributed by atoms with Gasteiger partial charge in [-0.1, -0.05) is 6.92 Å². The van der Waals surface area contributed by atoms with Crippen LogP contribution in [0.3, 0.4) is 0 Å². The summed E-state index contributed by atoms with van der Waals surface area (Å²) in [7, 11) is 0. The van der Waals surface area contributed by atoms with Crippen LogP contribution in [0.2, 0.25) is 0 Å². The largest absolute Gasteiger partial charge is 0.498 e. The van der Waals surface area contributed by atoms with E-state index >= 15 is 0 Å². The van der Waals surface area contributed by atoms with Gasteiger partial charge in [-0.2, -0.15) is 0 Å².